The summed E-state index contributed by atoms with van der Waals surface area (Å²) in [7, 11) is 0. The van der Waals surface area contributed by atoms with Crippen LogP contribution in [0.3, 0.4) is 0 Å². The maximum Gasteiger partial charge on any atom is 0.326 e. The van der Waals surface area contributed by atoms with Gasteiger partial charge in [0.15, 0.2) is 0 Å². The molecule has 2 amide bonds. The number of likely N-dealkylation sites (tertiary alicyclic amines) is 3. The van der Waals surface area contributed by atoms with E-state index in [1.807, 2.05) is 28.0 Å². The number of nitrogens with one attached hydrogen (secondary N) is 1. The number of aromatic nitrogens is 1. The van der Waals surface area contributed by atoms with E-state index in [1.165, 1.54) is 18.7 Å². The number of ether oxygens (including phenoxy) is 2. The van der Waals surface area contributed by atoms with Crippen LogP contribution < -0.4 is 10.1 Å². The van der Waals surface area contributed by atoms with Crippen LogP contribution in [0.1, 0.15) is 86.1 Å². The molecule has 0 bridgehead atoms. The molecular weight excluding hydrogens is 772 g/mol. The number of nitriles is 1. The summed E-state index contributed by atoms with van der Waals surface area (Å²) in [6, 6.07) is 17.5. The van der Waals surface area contributed by atoms with Gasteiger partial charge in [-0.2, -0.15) is 5.26 Å². The Morgan fingerprint density at radius 2 is 1.71 bits per heavy atom. The predicted octanol–water partition coefficient (Wildman–Crippen LogP) is 5.35. The third-order valence-corrected chi connectivity index (χ3v) is 12.4. The van der Waals surface area contributed by atoms with Crippen LogP contribution in [0.25, 0.3) is 0 Å². The number of aliphatic hydroxyl groups is 1. The smallest absolute Gasteiger partial charge is 0.326 e. The molecule has 3 aromatic rings. The Kier molecular flexibility index (Phi) is 15.4. The molecule has 3 aliphatic rings. The van der Waals surface area contributed by atoms with Crippen LogP contribution in [0.4, 0.5) is 0 Å². The van der Waals surface area contributed by atoms with Crippen molar-refractivity contribution < 1.29 is 34.1 Å². The molecule has 4 heterocycles. The molecule has 316 valence electrons. The van der Waals surface area contributed by atoms with Crippen LogP contribution in [0, 0.1) is 16.7 Å². The molecule has 6 rings (SSSR count). The van der Waals surface area contributed by atoms with Crippen LogP contribution in [-0.2, 0) is 45.3 Å². The summed E-state index contributed by atoms with van der Waals surface area (Å²) < 4.78 is 12.3. The van der Waals surface area contributed by atoms with Gasteiger partial charge in [-0.15, -0.1) is 0 Å². The fourth-order valence-electron chi connectivity index (χ4n) is 8.49. The molecule has 1 spiro atoms. The van der Waals surface area contributed by atoms with E-state index in [1.54, 1.807) is 24.4 Å². The van der Waals surface area contributed by atoms with Gasteiger partial charge in [0.2, 0.25) is 11.8 Å². The van der Waals surface area contributed by atoms with Crippen molar-refractivity contribution in [1.29, 1.82) is 5.26 Å². The number of nitrogens with zero attached hydrogens (tertiary/aromatic N) is 5. The number of aliphatic hydroxyl groups excluding tert-OH is 1. The number of carbonyl (C=O) groups excluding carboxylic acids is 2. The molecule has 14 heteroatoms. The normalized spacial score (nSPS) is 20.6. The molecular formula is C45H57ClN6O7. The zero-order valence-corrected chi connectivity index (χ0v) is 34.8. The van der Waals surface area contributed by atoms with Crippen molar-refractivity contribution in [2.75, 3.05) is 52.4 Å². The van der Waals surface area contributed by atoms with Gasteiger partial charge in [-0.25, -0.2) is 0 Å². The Morgan fingerprint density at radius 3 is 2.41 bits per heavy atom. The summed E-state index contributed by atoms with van der Waals surface area (Å²) in [4.78, 5) is 49.6. The highest BCUT2D eigenvalue weighted by molar-refractivity contribution is 6.31. The minimum absolute atomic E-state index is 0.0351. The summed E-state index contributed by atoms with van der Waals surface area (Å²) in [6.07, 6.45) is 10.0. The van der Waals surface area contributed by atoms with Crippen molar-refractivity contribution in [3.05, 3.63) is 93.8 Å². The maximum absolute atomic E-state index is 13.8. The highest BCUT2D eigenvalue weighted by Gasteiger charge is 2.41. The summed E-state index contributed by atoms with van der Waals surface area (Å²) in [5, 5.41) is 32.0. The van der Waals surface area contributed by atoms with Gasteiger partial charge in [0.05, 0.1) is 24.9 Å². The van der Waals surface area contributed by atoms with E-state index in [0.717, 1.165) is 64.7 Å². The molecule has 1 aromatic heterocycles. The van der Waals surface area contributed by atoms with Crippen molar-refractivity contribution in [1.82, 2.24) is 25.0 Å². The van der Waals surface area contributed by atoms with Gasteiger partial charge < -0.3 is 34.4 Å². The molecule has 0 aliphatic carbocycles. The van der Waals surface area contributed by atoms with Crippen LogP contribution in [0.15, 0.2) is 60.9 Å². The van der Waals surface area contributed by atoms with E-state index in [-0.39, 0.29) is 42.9 Å². The summed E-state index contributed by atoms with van der Waals surface area (Å²) in [5.74, 6) is -0.539. The van der Waals surface area contributed by atoms with Gasteiger partial charge in [-0.05, 0) is 87.7 Å². The zero-order valence-electron chi connectivity index (χ0n) is 34.0. The minimum Gasteiger partial charge on any atom is -0.489 e. The summed E-state index contributed by atoms with van der Waals surface area (Å²) in [5.41, 5.74) is 1.82. The molecule has 13 nitrogen and oxygen atoms in total. The maximum atomic E-state index is 13.8. The lowest BCUT2D eigenvalue weighted by atomic mass is 9.73. The second kappa shape index (κ2) is 20.6. The van der Waals surface area contributed by atoms with Gasteiger partial charge in [0, 0.05) is 92.6 Å². The fraction of sp³-hybridized carbons (Fsp3) is 0.533. The largest absolute Gasteiger partial charge is 0.489 e. The van der Waals surface area contributed by atoms with Crippen LogP contribution in [0.5, 0.6) is 5.75 Å². The molecule has 0 radical (unpaired) electrons. The predicted molar refractivity (Wildman–Crippen MR) is 222 cm³/mol. The lowest BCUT2D eigenvalue weighted by Crippen LogP contribution is -2.54. The van der Waals surface area contributed by atoms with Gasteiger partial charge in [-0.1, -0.05) is 41.9 Å². The lowest BCUT2D eigenvalue weighted by Gasteiger charge is -2.48. The molecule has 3 atom stereocenters. The third-order valence-electron chi connectivity index (χ3n) is 12.1. The zero-order chi connectivity index (χ0) is 41.8. The van der Waals surface area contributed by atoms with E-state index >= 15 is 0 Å². The van der Waals surface area contributed by atoms with E-state index in [9.17, 15) is 29.9 Å². The molecule has 59 heavy (non-hydrogen) atoms. The first-order valence-electron chi connectivity index (χ1n) is 20.8. The average Bonchev–Trinajstić information content (AvgIpc) is 3.71. The van der Waals surface area contributed by atoms with Crippen LogP contribution in [-0.4, -0.2) is 112 Å². The van der Waals surface area contributed by atoms with Gasteiger partial charge >= 0.3 is 5.97 Å². The van der Waals surface area contributed by atoms with Gasteiger partial charge in [0.25, 0.3) is 0 Å². The summed E-state index contributed by atoms with van der Waals surface area (Å²) >= 11 is 6.78. The summed E-state index contributed by atoms with van der Waals surface area (Å²) in [6.45, 7) is 7.04. The topological polar surface area (TPSA) is 169 Å². The monoisotopic (exact) mass is 828 g/mol. The number of aliphatic carboxylic acids is 1. The number of piperidine rings is 2. The lowest BCUT2D eigenvalue weighted by molar-refractivity contribution is -0.146. The standard InChI is InChI=1S/C45H57ClN6O7/c1-44(32-53,43(56)57)49-26-37-21-39(46)36(22-40(37)59-29-35-20-34(23-47)24-48-25-35)11-12-42(55)52-18-7-15-45(31-52)14-6-17-51(30-45)41(54)10-5-16-50-19-13-38(27-50)58-28-33-8-3-2-4-9-33/h2-4,8-9,20-22,24-25,38,49,53H,5-7,10-19,26-32H2,1H3,(H,56,57)/t38-,44+,45?/m1/s1. The Hall–Kier alpha value is -4.58. The first-order chi connectivity index (χ1) is 28.5. The Morgan fingerprint density at radius 1 is 0.983 bits per heavy atom. The molecule has 3 aliphatic heterocycles. The molecule has 0 saturated carbocycles. The van der Waals surface area contributed by atoms with Crippen molar-refractivity contribution in [3.63, 3.8) is 0 Å². The van der Waals surface area contributed by atoms with E-state index in [2.05, 4.69) is 33.4 Å². The number of carboxylic acid groups (broad SMARTS) is 1. The quantitative estimate of drug-likeness (QED) is 0.151. The Bertz CT molecular complexity index is 1960. The average molecular weight is 829 g/mol. The number of rotatable bonds is 18. The highest BCUT2D eigenvalue weighted by atomic mass is 35.5. The minimum atomic E-state index is -1.59. The van der Waals surface area contributed by atoms with Crippen molar-refractivity contribution in [2.24, 2.45) is 5.41 Å². The second-order valence-corrected chi connectivity index (χ2v) is 17.0. The molecule has 2 aromatic carbocycles. The number of aryl methyl sites for hydroxylation is 1. The van der Waals surface area contributed by atoms with Gasteiger partial charge in [-0.3, -0.25) is 24.7 Å². The molecule has 1 unspecified atom stereocenters. The number of amides is 2. The van der Waals surface area contributed by atoms with Crippen LogP contribution >= 0.6 is 11.6 Å². The number of halogens is 1. The number of carboxylic acids is 1. The number of benzene rings is 2. The van der Waals surface area contributed by atoms with E-state index in [4.69, 9.17) is 21.1 Å². The number of hydrogen-bond acceptors (Lipinski definition) is 10. The Labute approximate surface area is 352 Å². The van der Waals surface area contributed by atoms with Crippen molar-refractivity contribution >= 4 is 29.4 Å². The molecule has 3 fully saturated rings. The molecule has 3 saturated heterocycles. The molecule has 3 N–H and O–H groups in total. The van der Waals surface area contributed by atoms with E-state index < -0.39 is 18.1 Å². The van der Waals surface area contributed by atoms with Crippen molar-refractivity contribution in [3.8, 4) is 11.8 Å². The van der Waals surface area contributed by atoms with Crippen LogP contribution in [0.2, 0.25) is 5.02 Å². The number of carbonyl (C=O) groups is 3. The third kappa shape index (κ3) is 12.0. The SMILES string of the molecule is C[C@@](CO)(NCc1cc(Cl)c(CCC(=O)N2CCCC3(CCCN(C(=O)CCCN4CC[C@@H](OCc5ccccc5)C4)C3)C2)cc1OCc1cncc(C#N)c1)C(=O)O. The fourth-order valence-corrected chi connectivity index (χ4v) is 8.77. The number of pyridine rings is 1. The Balaban J connectivity index is 1.01. The number of hydrogen-bond donors (Lipinski definition) is 3. The second-order valence-electron chi connectivity index (χ2n) is 16.6. The first kappa shape index (κ1) is 44.0. The highest BCUT2D eigenvalue weighted by Crippen LogP contribution is 2.39. The van der Waals surface area contributed by atoms with Crippen molar-refractivity contribution in [2.45, 2.75) is 96.1 Å². The van der Waals surface area contributed by atoms with Gasteiger partial charge in [0.1, 0.15) is 24.0 Å². The first-order valence-corrected chi connectivity index (χ1v) is 21.2. The van der Waals surface area contributed by atoms with E-state index in [0.29, 0.717) is 72.1 Å².